The molecule has 0 atom stereocenters. The topological polar surface area (TPSA) is 70.1 Å². The molecule has 2 N–H and O–H groups in total. The predicted molar refractivity (Wildman–Crippen MR) is 73.3 cm³/mol. The van der Waals surface area contributed by atoms with Crippen molar-refractivity contribution >= 4 is 11.5 Å². The van der Waals surface area contributed by atoms with Crippen LogP contribution in [0.3, 0.4) is 0 Å². The molecule has 0 aliphatic heterocycles. The fourth-order valence-electron chi connectivity index (χ4n) is 1.94. The fourth-order valence-corrected chi connectivity index (χ4v) is 1.94. The number of rotatable bonds is 5. The Morgan fingerprint density at radius 1 is 1.37 bits per heavy atom. The van der Waals surface area contributed by atoms with Gasteiger partial charge in [-0.15, -0.1) is 0 Å². The average molecular weight is 259 g/mol. The highest BCUT2D eigenvalue weighted by Crippen LogP contribution is 2.20. The third kappa shape index (κ3) is 2.76. The van der Waals surface area contributed by atoms with Crippen molar-refractivity contribution in [1.82, 2.24) is 9.78 Å². The van der Waals surface area contributed by atoms with Crippen molar-refractivity contribution in [3.63, 3.8) is 0 Å². The zero-order valence-electron chi connectivity index (χ0n) is 11.1. The lowest BCUT2D eigenvalue weighted by atomic mass is 10.1. The van der Waals surface area contributed by atoms with Gasteiger partial charge < -0.3 is 10.5 Å². The summed E-state index contributed by atoms with van der Waals surface area (Å²) in [6, 6.07) is 7.28. The van der Waals surface area contributed by atoms with E-state index in [2.05, 4.69) is 5.10 Å². The molecule has 1 aromatic heterocycles. The first-order valence-electron chi connectivity index (χ1n) is 6.13. The van der Waals surface area contributed by atoms with Crippen LogP contribution in [0.25, 0.3) is 0 Å². The van der Waals surface area contributed by atoms with Crippen LogP contribution in [0.5, 0.6) is 5.75 Å². The summed E-state index contributed by atoms with van der Waals surface area (Å²) in [6.07, 6.45) is 1.88. The van der Waals surface area contributed by atoms with Crippen LogP contribution in [0.2, 0.25) is 0 Å². The van der Waals surface area contributed by atoms with Crippen molar-refractivity contribution in [1.29, 1.82) is 0 Å². The van der Waals surface area contributed by atoms with Crippen molar-refractivity contribution < 1.29 is 9.53 Å². The Morgan fingerprint density at radius 3 is 2.63 bits per heavy atom. The Hall–Kier alpha value is -2.30. The van der Waals surface area contributed by atoms with E-state index in [0.29, 0.717) is 30.1 Å². The SMILES string of the molecule is CCn1ncc(OC)c1C(=O)Cc1ccc(N)cc1. The summed E-state index contributed by atoms with van der Waals surface area (Å²) in [7, 11) is 1.54. The number of nitrogen functional groups attached to an aromatic ring is 1. The highest BCUT2D eigenvalue weighted by Gasteiger charge is 2.18. The van der Waals surface area contributed by atoms with Crippen molar-refractivity contribution in [3.8, 4) is 5.75 Å². The number of hydrogen-bond donors (Lipinski definition) is 1. The summed E-state index contributed by atoms with van der Waals surface area (Å²) < 4.78 is 6.83. The van der Waals surface area contributed by atoms with Crippen LogP contribution >= 0.6 is 0 Å². The lowest BCUT2D eigenvalue weighted by Crippen LogP contribution is -2.12. The van der Waals surface area contributed by atoms with Gasteiger partial charge in [-0.25, -0.2) is 0 Å². The molecule has 0 saturated carbocycles. The quantitative estimate of drug-likeness (QED) is 0.658. The molecule has 0 unspecified atom stereocenters. The van der Waals surface area contributed by atoms with E-state index in [9.17, 15) is 4.79 Å². The average Bonchev–Trinajstić information content (AvgIpc) is 2.84. The van der Waals surface area contributed by atoms with Crippen molar-refractivity contribution in [2.45, 2.75) is 19.9 Å². The van der Waals surface area contributed by atoms with E-state index >= 15 is 0 Å². The van der Waals surface area contributed by atoms with Crippen LogP contribution in [-0.4, -0.2) is 22.7 Å². The summed E-state index contributed by atoms with van der Waals surface area (Å²) in [5.74, 6) is 0.503. The maximum absolute atomic E-state index is 12.3. The van der Waals surface area contributed by atoms with Gasteiger partial charge in [-0.2, -0.15) is 5.10 Å². The van der Waals surface area contributed by atoms with E-state index in [1.54, 1.807) is 23.0 Å². The Bertz CT molecular complexity index is 551. The van der Waals surface area contributed by atoms with E-state index in [1.165, 1.54) is 7.11 Å². The number of nitrogens with zero attached hydrogens (tertiary/aromatic N) is 2. The number of benzene rings is 1. The monoisotopic (exact) mass is 259 g/mol. The molecule has 0 aliphatic carbocycles. The van der Waals surface area contributed by atoms with Gasteiger partial charge in [0.15, 0.2) is 11.5 Å². The number of ether oxygens (including phenoxy) is 1. The van der Waals surface area contributed by atoms with E-state index in [0.717, 1.165) is 5.56 Å². The Kier molecular flexibility index (Phi) is 3.85. The molecule has 0 saturated heterocycles. The number of carbonyl (C=O) groups is 1. The first kappa shape index (κ1) is 13.1. The zero-order chi connectivity index (χ0) is 13.8. The molecule has 5 nitrogen and oxygen atoms in total. The van der Waals surface area contributed by atoms with E-state index < -0.39 is 0 Å². The van der Waals surface area contributed by atoms with Crippen LogP contribution in [0.4, 0.5) is 5.69 Å². The van der Waals surface area contributed by atoms with Gasteiger partial charge in [-0.05, 0) is 24.6 Å². The maximum Gasteiger partial charge on any atom is 0.189 e. The molecule has 0 spiro atoms. The molecule has 0 amide bonds. The molecule has 1 aromatic carbocycles. The minimum atomic E-state index is -0.0130. The summed E-state index contributed by atoms with van der Waals surface area (Å²) >= 11 is 0. The predicted octanol–water partition coefficient (Wildman–Crippen LogP) is 1.92. The first-order valence-corrected chi connectivity index (χ1v) is 6.13. The Labute approximate surface area is 112 Å². The number of nitrogens with two attached hydrogens (primary N) is 1. The summed E-state index contributed by atoms with van der Waals surface area (Å²) in [6.45, 7) is 2.57. The normalized spacial score (nSPS) is 10.4. The van der Waals surface area contributed by atoms with Crippen LogP contribution in [0.1, 0.15) is 23.0 Å². The number of anilines is 1. The lowest BCUT2D eigenvalue weighted by molar-refractivity contribution is 0.0979. The number of carbonyl (C=O) groups excluding carboxylic acids is 1. The molecule has 2 rings (SSSR count). The van der Waals surface area contributed by atoms with Crippen LogP contribution in [0, 0.1) is 0 Å². The minimum absolute atomic E-state index is 0.0130. The van der Waals surface area contributed by atoms with Gasteiger partial charge >= 0.3 is 0 Å². The largest absolute Gasteiger partial charge is 0.493 e. The molecule has 0 fully saturated rings. The second-order valence-corrected chi connectivity index (χ2v) is 4.22. The molecule has 19 heavy (non-hydrogen) atoms. The minimum Gasteiger partial charge on any atom is -0.493 e. The Morgan fingerprint density at radius 2 is 2.05 bits per heavy atom. The van der Waals surface area contributed by atoms with Gasteiger partial charge in [0.25, 0.3) is 0 Å². The molecule has 0 aliphatic rings. The lowest BCUT2D eigenvalue weighted by Gasteiger charge is -2.06. The summed E-state index contributed by atoms with van der Waals surface area (Å²) in [5, 5.41) is 4.13. The van der Waals surface area contributed by atoms with Gasteiger partial charge in [0.05, 0.1) is 13.3 Å². The van der Waals surface area contributed by atoms with Crippen molar-refractivity contribution in [2.75, 3.05) is 12.8 Å². The van der Waals surface area contributed by atoms with Crippen LogP contribution < -0.4 is 10.5 Å². The van der Waals surface area contributed by atoms with Crippen molar-refractivity contribution in [3.05, 3.63) is 41.7 Å². The van der Waals surface area contributed by atoms with Gasteiger partial charge in [0.2, 0.25) is 0 Å². The number of Topliss-reactive ketones (excluding diaryl/α,β-unsaturated/α-hetero) is 1. The van der Waals surface area contributed by atoms with Gasteiger partial charge in [-0.1, -0.05) is 12.1 Å². The number of aryl methyl sites for hydroxylation is 1. The van der Waals surface area contributed by atoms with Crippen molar-refractivity contribution in [2.24, 2.45) is 0 Å². The Balaban J connectivity index is 2.24. The number of aromatic nitrogens is 2. The van der Waals surface area contributed by atoms with E-state index in [4.69, 9.17) is 10.5 Å². The van der Waals surface area contributed by atoms with Crippen LogP contribution in [0.15, 0.2) is 30.5 Å². The van der Waals surface area contributed by atoms with E-state index in [1.807, 2.05) is 19.1 Å². The van der Waals surface area contributed by atoms with Gasteiger partial charge in [0, 0.05) is 18.7 Å². The summed E-state index contributed by atoms with van der Waals surface area (Å²) in [5.41, 5.74) is 7.75. The maximum atomic E-state index is 12.3. The summed E-state index contributed by atoms with van der Waals surface area (Å²) in [4.78, 5) is 12.3. The van der Waals surface area contributed by atoms with Gasteiger partial charge in [0.1, 0.15) is 5.69 Å². The molecular weight excluding hydrogens is 242 g/mol. The smallest absolute Gasteiger partial charge is 0.189 e. The third-order valence-electron chi connectivity index (χ3n) is 2.93. The molecule has 5 heteroatoms. The standard InChI is InChI=1S/C14H17N3O2/c1-3-17-14(13(19-2)9-16-17)12(18)8-10-4-6-11(15)7-5-10/h4-7,9H,3,8,15H2,1-2H3. The van der Waals surface area contributed by atoms with Gasteiger partial charge in [-0.3, -0.25) is 9.48 Å². The molecular formula is C14H17N3O2. The third-order valence-corrected chi connectivity index (χ3v) is 2.93. The molecule has 0 radical (unpaired) electrons. The zero-order valence-corrected chi connectivity index (χ0v) is 11.1. The van der Waals surface area contributed by atoms with Crippen LogP contribution in [-0.2, 0) is 13.0 Å². The number of ketones is 1. The molecule has 2 aromatic rings. The fraction of sp³-hybridized carbons (Fsp3) is 0.286. The number of methoxy groups -OCH3 is 1. The second-order valence-electron chi connectivity index (χ2n) is 4.22. The molecule has 100 valence electrons. The molecule has 1 heterocycles. The van der Waals surface area contributed by atoms with E-state index in [-0.39, 0.29) is 5.78 Å². The second kappa shape index (κ2) is 5.56. The molecule has 0 bridgehead atoms. The number of hydrogen-bond acceptors (Lipinski definition) is 4. The first-order chi connectivity index (χ1) is 9.15. The highest BCUT2D eigenvalue weighted by atomic mass is 16.5. The highest BCUT2D eigenvalue weighted by molar-refractivity contribution is 5.98.